The summed E-state index contributed by atoms with van der Waals surface area (Å²) in [6.45, 7) is 55.0. The standard InChI is InChI=1S/C37H56O8.C31H50O4.C30H50O8.C22H36O5/c1-7-30(2,3)26(38)45-37-23-34(27(39)42-31(4)14-8-9-15-31)20-35(24-37,28(40)43-32(5)16-10-11-17-32)22-36(21-34,25-37)29(41)44-33(6)18-12-13-19-33;1-8-28(5,6)27(33)34-25-18-30(19(3)4)11-10-29(25,7)17-24(30)26(32)35-31(9-2)22-13-20-12-21(15-22)16-23(31)14-20;1-10-25(4,5)24(33)38-30-15-21-13-28(19-30,34-16-22(31)36-26(6,7)11-2)18-29(14-21,20-30)35-17-23(32)37-27(8,9)12-3;1-7-20(5,6)18(24)27-22-11-15-8-16(12-22)10-21(9-15,14-22)25-13-17(23)26-19(2,3)4/h7-25H2,1-6H3;19-25H,8-18H2,1-7H3;21H,10-20H2,1-9H3;15-16H,7-14H2,1-6H3. The summed E-state index contributed by atoms with van der Waals surface area (Å²) in [5, 5.41) is 0. The molecule has 0 spiro atoms. The van der Waals surface area contributed by atoms with Crippen LogP contribution in [0.1, 0.15) is 489 Å². The van der Waals surface area contributed by atoms with Gasteiger partial charge < -0.3 is 66.3 Å². The van der Waals surface area contributed by atoms with E-state index in [1.165, 1.54) is 38.5 Å². The summed E-state index contributed by atoms with van der Waals surface area (Å²) in [6.07, 6.45) is 36.7. The molecule has 0 aromatic carbocycles. The molecule has 822 valence electrons. The Morgan fingerprint density at radius 3 is 1.01 bits per heavy atom. The zero-order valence-corrected chi connectivity index (χ0v) is 95.1. The fourth-order valence-corrected chi connectivity index (χ4v) is 31.7. The van der Waals surface area contributed by atoms with Crippen molar-refractivity contribution in [1.29, 1.82) is 0 Å². The summed E-state index contributed by atoms with van der Waals surface area (Å²) >= 11 is 0. The Labute approximate surface area is 869 Å². The summed E-state index contributed by atoms with van der Waals surface area (Å²) in [5.74, 6) is 1.37. The van der Waals surface area contributed by atoms with Gasteiger partial charge in [-0.25, -0.2) is 14.4 Å². The van der Waals surface area contributed by atoms with Gasteiger partial charge >= 0.3 is 65.7 Å². The van der Waals surface area contributed by atoms with Crippen LogP contribution in [0.3, 0.4) is 0 Å². The Morgan fingerprint density at radius 2 is 0.641 bits per heavy atom. The monoisotopic (exact) mass is 2030 g/mol. The number of hydrogen-bond donors (Lipinski definition) is 0. The fraction of sp³-hybridized carbons (Fsp3) is 0.908. The smallest absolute Gasteiger partial charge is 0.332 e. The number of esters is 11. The molecule has 25 heteroatoms. The number of hydrogen-bond acceptors (Lipinski definition) is 25. The van der Waals surface area contributed by atoms with Crippen molar-refractivity contribution >= 4 is 65.7 Å². The van der Waals surface area contributed by atoms with Gasteiger partial charge in [-0.3, -0.25) is 38.4 Å². The molecule has 22 rings (SSSR count). The maximum atomic E-state index is 14.6. The van der Waals surface area contributed by atoms with E-state index in [0.717, 1.165) is 179 Å². The summed E-state index contributed by atoms with van der Waals surface area (Å²) in [5.41, 5.74) is -13.8. The quantitative estimate of drug-likeness (QED) is 0.0420. The van der Waals surface area contributed by atoms with Crippen molar-refractivity contribution in [2.24, 2.45) is 102 Å². The second-order valence-corrected chi connectivity index (χ2v) is 57.3. The Bertz CT molecular complexity index is 4510. The van der Waals surface area contributed by atoms with E-state index in [-0.39, 0.29) is 152 Å². The van der Waals surface area contributed by atoms with E-state index in [1.54, 1.807) is 0 Å². The molecule has 0 aliphatic heterocycles. The third kappa shape index (κ3) is 24.0. The molecular formula is C120H192O25. The van der Waals surface area contributed by atoms with Crippen LogP contribution in [0.4, 0.5) is 0 Å². The molecule has 8 atom stereocenters. The minimum absolute atomic E-state index is 0.0266. The van der Waals surface area contributed by atoms with Crippen molar-refractivity contribution in [3.05, 3.63) is 0 Å². The lowest BCUT2D eigenvalue weighted by molar-refractivity contribution is -0.287. The first-order valence-electron chi connectivity index (χ1n) is 57.5. The average Bonchev–Trinajstić information content (AvgIpc) is 1.24. The van der Waals surface area contributed by atoms with Crippen molar-refractivity contribution in [2.45, 2.75) is 568 Å². The second kappa shape index (κ2) is 40.8. The first-order chi connectivity index (χ1) is 67.1. The number of fused-ring (bicyclic) bond motifs is 3. The molecule has 0 saturated heterocycles. The van der Waals surface area contributed by atoms with Crippen molar-refractivity contribution in [3.8, 4) is 0 Å². The zero-order valence-electron chi connectivity index (χ0n) is 95.1. The van der Waals surface area contributed by atoms with Gasteiger partial charge in [0.25, 0.3) is 0 Å². The first-order valence-corrected chi connectivity index (χ1v) is 57.5. The van der Waals surface area contributed by atoms with Crippen molar-refractivity contribution < 1.29 is 119 Å². The van der Waals surface area contributed by atoms with Crippen molar-refractivity contribution in [2.75, 3.05) is 19.8 Å². The van der Waals surface area contributed by atoms with E-state index < -0.39 is 111 Å². The molecule has 25 nitrogen and oxygen atoms in total. The summed E-state index contributed by atoms with van der Waals surface area (Å²) < 4.78 is 86.9. The van der Waals surface area contributed by atoms with Crippen LogP contribution in [-0.2, 0) is 119 Å². The van der Waals surface area contributed by atoms with Gasteiger partial charge in [0.15, 0.2) is 0 Å². The highest BCUT2D eigenvalue weighted by Gasteiger charge is 2.79. The molecule has 0 heterocycles. The van der Waals surface area contributed by atoms with Gasteiger partial charge in [-0.05, 0) is 428 Å². The topological polar surface area (TPSA) is 317 Å². The van der Waals surface area contributed by atoms with Crippen LogP contribution < -0.4 is 0 Å². The molecule has 22 fully saturated rings. The summed E-state index contributed by atoms with van der Waals surface area (Å²) in [7, 11) is 0. The van der Waals surface area contributed by atoms with Crippen LogP contribution in [0.5, 0.6) is 0 Å². The van der Waals surface area contributed by atoms with Gasteiger partial charge in [0, 0.05) is 50.4 Å². The summed E-state index contributed by atoms with van der Waals surface area (Å²) in [6, 6.07) is 0. The number of ether oxygens (including phenoxy) is 14. The van der Waals surface area contributed by atoms with Gasteiger partial charge in [-0.1, -0.05) is 69.2 Å². The molecule has 0 aromatic heterocycles. The molecule has 0 aromatic rings. The lowest BCUT2D eigenvalue weighted by Crippen LogP contribution is -2.71. The van der Waals surface area contributed by atoms with E-state index in [9.17, 15) is 52.7 Å². The second-order valence-electron chi connectivity index (χ2n) is 57.3. The van der Waals surface area contributed by atoms with Gasteiger partial charge in [0.2, 0.25) is 0 Å². The van der Waals surface area contributed by atoms with Crippen molar-refractivity contribution in [1.82, 2.24) is 0 Å². The SMILES string of the molecule is CCC(C)(C)C(=O)OC12CC3(C(=O)OC4(C)CCCC4)CC(C(=O)OC4(C)CCCC4)(C1)CC(C(=O)OC1(C)CCCC1)(C2)C3.CCC(C)(C)C(=O)OC12CC3CC(CC(OCC(=O)OC(C)(C)C)(C3)C1)C2.CCC(C)(C)C(=O)OC1CC2(C(C)C)CCC1(C)CC2C(=O)OC1(CC)C2CC3CC(C2)CC1C3.CCC(C)(C)OC(=O)COC12CC3CC(OCC(=O)OC(C)(C)CC)(C1)CC(OC(=O)C(C)(C)CC)(C3)C2. The lowest BCUT2D eigenvalue weighted by Gasteiger charge is -2.67. The third-order valence-corrected chi connectivity index (χ3v) is 41.2. The maximum absolute atomic E-state index is 14.6. The normalized spacial score (nSPS) is 37.3. The van der Waals surface area contributed by atoms with Gasteiger partial charge in [-0.15, -0.1) is 0 Å². The van der Waals surface area contributed by atoms with Gasteiger partial charge in [-0.2, -0.15) is 0 Å². The number of carbonyl (C=O) groups is 11. The average molecular weight is 2030 g/mol. The lowest BCUT2D eigenvalue weighted by atomic mass is 9.38. The predicted molar refractivity (Wildman–Crippen MR) is 549 cm³/mol. The highest BCUT2D eigenvalue weighted by atomic mass is 16.6. The Morgan fingerprint density at radius 1 is 0.310 bits per heavy atom. The van der Waals surface area contributed by atoms with Gasteiger partial charge in [0.05, 0.1) is 60.6 Å². The minimum atomic E-state index is -1.18. The maximum Gasteiger partial charge on any atom is 0.332 e. The minimum Gasteiger partial charge on any atom is -0.461 e. The molecule has 0 radical (unpaired) electrons. The van der Waals surface area contributed by atoms with Crippen LogP contribution in [0.25, 0.3) is 0 Å². The molecular weight excluding hydrogens is 1840 g/mol. The predicted octanol–water partition coefficient (Wildman–Crippen LogP) is 25.1. The fourth-order valence-electron chi connectivity index (χ4n) is 31.7. The molecule has 0 N–H and O–H groups in total. The third-order valence-electron chi connectivity index (χ3n) is 41.2. The van der Waals surface area contributed by atoms with Crippen LogP contribution in [-0.4, -0.2) is 164 Å². The highest BCUT2D eigenvalue weighted by molar-refractivity contribution is 5.90. The van der Waals surface area contributed by atoms with Crippen LogP contribution >= 0.6 is 0 Å². The number of carbonyl (C=O) groups excluding carboxylic acids is 11. The molecule has 18 bridgehead atoms. The van der Waals surface area contributed by atoms with Crippen LogP contribution in [0.2, 0.25) is 0 Å². The largest absolute Gasteiger partial charge is 0.461 e. The molecule has 22 saturated carbocycles. The molecule has 22 aliphatic rings. The van der Waals surface area contributed by atoms with E-state index >= 15 is 0 Å². The molecule has 8 unspecified atom stereocenters. The van der Waals surface area contributed by atoms with Gasteiger partial charge in [0.1, 0.15) is 81.9 Å². The van der Waals surface area contributed by atoms with Crippen molar-refractivity contribution in [3.63, 3.8) is 0 Å². The number of rotatable bonds is 35. The Balaban J connectivity index is 0.000000155. The van der Waals surface area contributed by atoms with E-state index in [4.69, 9.17) is 66.3 Å². The van der Waals surface area contributed by atoms with E-state index in [1.807, 2.05) is 166 Å². The zero-order chi connectivity index (χ0) is 107. The molecule has 0 amide bonds. The highest BCUT2D eigenvalue weighted by Crippen LogP contribution is 2.75. The van der Waals surface area contributed by atoms with E-state index in [2.05, 4.69) is 27.7 Å². The first kappa shape index (κ1) is 115. The molecule has 22 aliphatic carbocycles. The summed E-state index contributed by atoms with van der Waals surface area (Å²) in [4.78, 5) is 148. The molecule has 145 heavy (non-hydrogen) atoms. The van der Waals surface area contributed by atoms with Crippen LogP contribution in [0, 0.1) is 102 Å². The Kier molecular flexibility index (Phi) is 32.3. The van der Waals surface area contributed by atoms with Crippen LogP contribution in [0.15, 0.2) is 0 Å². The van der Waals surface area contributed by atoms with E-state index in [0.29, 0.717) is 81.0 Å². The Hall–Kier alpha value is -5.95.